The molecule has 5 heterocycles. The van der Waals surface area contributed by atoms with E-state index in [1.54, 1.807) is 6.92 Å². The van der Waals surface area contributed by atoms with Crippen LogP contribution in [0.15, 0.2) is 18.2 Å². The van der Waals surface area contributed by atoms with E-state index in [0.29, 0.717) is 33.4 Å². The molecule has 0 amide bonds. The highest BCUT2D eigenvalue weighted by atomic mass is 16.5. The summed E-state index contributed by atoms with van der Waals surface area (Å²) in [6.07, 6.45) is 0.744. The molecule has 2 aliphatic heterocycles. The van der Waals surface area contributed by atoms with E-state index in [1.807, 2.05) is 32.0 Å². The van der Waals surface area contributed by atoms with Gasteiger partial charge in [0.15, 0.2) is 5.78 Å². The van der Waals surface area contributed by atoms with E-state index in [9.17, 15) is 29.4 Å². The molecule has 4 N–H and O–H groups in total. The van der Waals surface area contributed by atoms with Crippen molar-refractivity contribution < 1.29 is 34.1 Å². The van der Waals surface area contributed by atoms with Crippen molar-refractivity contribution in [2.24, 2.45) is 0 Å². The number of hydrogen-bond donors (Lipinski definition) is 4. The molecule has 5 atom stereocenters. The van der Waals surface area contributed by atoms with Crippen molar-refractivity contribution in [2.75, 3.05) is 7.11 Å². The molecule has 0 saturated carbocycles. The Balaban J connectivity index is 1.84. The zero-order valence-electron chi connectivity index (χ0n) is 27.0. The van der Waals surface area contributed by atoms with Crippen molar-refractivity contribution >= 4 is 45.6 Å². The van der Waals surface area contributed by atoms with Gasteiger partial charge in [0.05, 0.1) is 29.4 Å². The largest absolute Gasteiger partial charge is 0.481 e. The third kappa shape index (κ3) is 4.43. The van der Waals surface area contributed by atoms with Gasteiger partial charge in [0.25, 0.3) is 5.60 Å². The van der Waals surface area contributed by atoms with E-state index in [2.05, 4.69) is 23.8 Å². The number of Topliss-reactive ketones (excluding diaryl/α,β-unsaturated/α-hetero) is 2. The second-order valence-electron chi connectivity index (χ2n) is 12.8. The number of aliphatic carboxylic acids is 1. The summed E-state index contributed by atoms with van der Waals surface area (Å²) in [5.41, 5.74) is 3.82. The molecule has 11 nitrogen and oxygen atoms in total. The molecule has 8 bridgehead atoms. The number of carboxylic acid groups (broad SMARTS) is 1. The van der Waals surface area contributed by atoms with Crippen LogP contribution in [0.4, 0.5) is 0 Å². The maximum atomic E-state index is 14.1. The van der Waals surface area contributed by atoms with Crippen molar-refractivity contribution in [1.82, 2.24) is 19.9 Å². The van der Waals surface area contributed by atoms with Crippen LogP contribution >= 0.6 is 0 Å². The second kappa shape index (κ2) is 11.0. The number of aromatic amines is 2. The Morgan fingerprint density at radius 1 is 0.935 bits per heavy atom. The second-order valence-corrected chi connectivity index (χ2v) is 12.8. The minimum absolute atomic E-state index is 0.0255. The lowest BCUT2D eigenvalue weighted by molar-refractivity contribution is -0.157. The van der Waals surface area contributed by atoms with Crippen molar-refractivity contribution in [2.45, 2.75) is 90.1 Å². The predicted octanol–water partition coefficient (Wildman–Crippen LogP) is 5.74. The van der Waals surface area contributed by atoms with Gasteiger partial charge in [-0.15, -0.1) is 0 Å². The van der Waals surface area contributed by atoms with Crippen LogP contribution in [-0.2, 0) is 19.9 Å². The molecular weight excluding hydrogens is 588 g/mol. The van der Waals surface area contributed by atoms with E-state index >= 15 is 0 Å². The van der Waals surface area contributed by atoms with E-state index in [-0.39, 0.29) is 58.7 Å². The summed E-state index contributed by atoms with van der Waals surface area (Å²) in [5, 5.41) is 21.6. The maximum Gasteiger partial charge on any atom is 0.351 e. The van der Waals surface area contributed by atoms with Gasteiger partial charge in [-0.25, -0.2) is 4.79 Å². The third-order valence-electron chi connectivity index (χ3n) is 10.2. The van der Waals surface area contributed by atoms with E-state index < -0.39 is 29.2 Å². The highest BCUT2D eigenvalue weighted by Gasteiger charge is 2.57. The first-order valence-electron chi connectivity index (χ1n) is 15.6. The van der Waals surface area contributed by atoms with Crippen LogP contribution in [0.25, 0.3) is 22.1 Å². The normalized spacial score (nSPS) is 23.5. The number of H-pyrrole nitrogens is 2. The quantitative estimate of drug-likeness (QED) is 0.151. The van der Waals surface area contributed by atoms with Crippen molar-refractivity contribution in [1.29, 1.82) is 0 Å². The van der Waals surface area contributed by atoms with Gasteiger partial charge in [-0.2, -0.15) is 0 Å². The molecule has 3 unspecified atom stereocenters. The summed E-state index contributed by atoms with van der Waals surface area (Å²) in [6, 6.07) is 5.65. The Morgan fingerprint density at radius 2 is 1.54 bits per heavy atom. The number of carbonyl (C=O) groups excluding carboxylic acids is 3. The number of hydrogen-bond acceptors (Lipinski definition) is 8. The number of fused-ring (bicyclic) bond motifs is 8. The van der Waals surface area contributed by atoms with Gasteiger partial charge in [0.1, 0.15) is 0 Å². The molecule has 1 aliphatic carbocycles. The molecule has 6 rings (SSSR count). The average molecular weight is 627 g/mol. The van der Waals surface area contributed by atoms with Crippen LogP contribution in [-0.4, -0.2) is 60.8 Å². The highest BCUT2D eigenvalue weighted by Crippen LogP contribution is 2.49. The summed E-state index contributed by atoms with van der Waals surface area (Å²) < 4.78 is 4.98. The van der Waals surface area contributed by atoms with Gasteiger partial charge in [-0.05, 0) is 62.9 Å². The number of esters is 1. The molecule has 0 fully saturated rings. The number of rotatable bonds is 6. The Hall–Kier alpha value is -4.64. The molecule has 46 heavy (non-hydrogen) atoms. The summed E-state index contributed by atoms with van der Waals surface area (Å²) >= 11 is 0. The number of nitrogens with one attached hydrogen (secondary N) is 2. The van der Waals surface area contributed by atoms with E-state index in [0.717, 1.165) is 30.5 Å². The van der Waals surface area contributed by atoms with Crippen LogP contribution in [0.3, 0.4) is 0 Å². The summed E-state index contributed by atoms with van der Waals surface area (Å²) in [7, 11) is 1.10. The number of ether oxygens (including phenoxy) is 1. The first kappa shape index (κ1) is 31.3. The van der Waals surface area contributed by atoms with Gasteiger partial charge >= 0.3 is 11.9 Å². The highest BCUT2D eigenvalue weighted by molar-refractivity contribution is 6.25. The van der Waals surface area contributed by atoms with Gasteiger partial charge in [0, 0.05) is 69.3 Å². The lowest BCUT2D eigenvalue weighted by Gasteiger charge is -2.23. The molecule has 3 aromatic heterocycles. The summed E-state index contributed by atoms with van der Waals surface area (Å²) in [6.45, 7) is 11.2. The fourth-order valence-electron chi connectivity index (χ4n) is 7.65. The molecule has 3 aromatic rings. The fraction of sp³-hybridized carbons (Fsp3) is 0.429. The lowest BCUT2D eigenvalue weighted by atomic mass is 9.82. The molecule has 0 aromatic carbocycles. The average Bonchev–Trinajstić information content (AvgIpc) is 3.72. The minimum Gasteiger partial charge on any atom is -0.481 e. The van der Waals surface area contributed by atoms with Crippen molar-refractivity contribution in [3.8, 4) is 0 Å². The molecule has 0 saturated heterocycles. The fourth-order valence-corrected chi connectivity index (χ4v) is 7.65. The molecule has 11 heteroatoms. The number of aromatic nitrogens is 4. The first-order chi connectivity index (χ1) is 21.7. The monoisotopic (exact) mass is 626 g/mol. The Labute approximate surface area is 265 Å². The van der Waals surface area contributed by atoms with E-state index in [4.69, 9.17) is 14.7 Å². The van der Waals surface area contributed by atoms with Gasteiger partial charge in [-0.3, -0.25) is 24.4 Å². The number of aryl methyl sites for hydroxylation is 2. The van der Waals surface area contributed by atoms with Crippen LogP contribution in [0.1, 0.15) is 131 Å². The number of ketones is 2. The molecule has 240 valence electrons. The van der Waals surface area contributed by atoms with E-state index in [1.165, 1.54) is 6.92 Å². The number of aliphatic hydroxyl groups is 1. The summed E-state index contributed by atoms with van der Waals surface area (Å²) in [4.78, 5) is 68.7. The topological polar surface area (TPSA) is 175 Å². The maximum absolute atomic E-state index is 14.1. The SMILES string of the molecule is CC[C@H]1c2cc3[nH]c4c(c3C)C(=O)C(O)(C(=O)OC)c4c3nc(cc4[nH]c(cc(n2)C1C)c(C(C)=O)c4C)C(C)[C@@H]3CCC(=O)O. The van der Waals surface area contributed by atoms with Crippen LogP contribution < -0.4 is 0 Å². The van der Waals surface area contributed by atoms with Crippen molar-refractivity contribution in [3.05, 3.63) is 68.8 Å². The molecule has 0 radical (unpaired) electrons. The third-order valence-corrected chi connectivity index (χ3v) is 10.2. The Morgan fingerprint density at radius 3 is 2.17 bits per heavy atom. The molecule has 0 spiro atoms. The Kier molecular flexibility index (Phi) is 7.50. The van der Waals surface area contributed by atoms with Crippen LogP contribution in [0, 0.1) is 13.8 Å². The smallest absolute Gasteiger partial charge is 0.351 e. The standard InChI is InChI=1S/C35H38N4O7/c1-8-19-14(2)21-13-26-28(18(6)40)16(4)23(37-26)11-22-15(3)20(9-10-27(41)42)31(38-22)30-32-29(33(43)35(30,45)34(44)46-7)17(5)24(39-32)12-25(19)36-21/h11-15,19-20,37,39,45H,8-10H2,1-7H3,(H,41,42)/t14?,15?,19-,20+,35?/m1/s1. The predicted molar refractivity (Wildman–Crippen MR) is 170 cm³/mol. The number of carbonyl (C=O) groups is 4. The number of methoxy groups -OCH3 is 1. The zero-order chi connectivity index (χ0) is 33.4. The van der Waals surface area contributed by atoms with Gasteiger partial charge < -0.3 is 24.9 Å². The summed E-state index contributed by atoms with van der Waals surface area (Å²) in [5.74, 6) is -3.90. The molecular formula is C35H38N4O7. The Bertz CT molecular complexity index is 2020. The molecule has 3 aliphatic rings. The number of nitrogens with zero attached hydrogens (tertiary/aromatic N) is 2. The van der Waals surface area contributed by atoms with Crippen LogP contribution in [0.5, 0.6) is 0 Å². The zero-order valence-corrected chi connectivity index (χ0v) is 27.0. The van der Waals surface area contributed by atoms with Crippen molar-refractivity contribution in [3.63, 3.8) is 0 Å². The van der Waals surface area contributed by atoms with Gasteiger partial charge in [0.2, 0.25) is 5.78 Å². The number of carboxylic acids is 1. The minimum atomic E-state index is -2.68. The lowest BCUT2D eigenvalue weighted by Crippen LogP contribution is -2.42. The van der Waals surface area contributed by atoms with Crippen LogP contribution in [0.2, 0.25) is 0 Å². The van der Waals surface area contributed by atoms with Gasteiger partial charge in [-0.1, -0.05) is 20.8 Å². The first-order valence-corrected chi connectivity index (χ1v) is 15.6.